The molecule has 0 aliphatic carbocycles. The summed E-state index contributed by atoms with van der Waals surface area (Å²) in [6, 6.07) is 13.4. The molecule has 2 aromatic heterocycles. The predicted molar refractivity (Wildman–Crippen MR) is 114 cm³/mol. The number of fused-ring (bicyclic) bond motifs is 1. The van der Waals surface area contributed by atoms with Crippen molar-refractivity contribution in [2.45, 2.75) is 25.8 Å². The maximum atomic E-state index is 12.4. The number of nitrogens with zero attached hydrogens (tertiary/aromatic N) is 1. The number of carbonyl (C=O) groups is 2. The Kier molecular flexibility index (Phi) is 5.95. The van der Waals surface area contributed by atoms with Crippen molar-refractivity contribution in [2.24, 2.45) is 0 Å². The summed E-state index contributed by atoms with van der Waals surface area (Å²) in [5, 5.41) is 7.93. The Morgan fingerprint density at radius 1 is 1.14 bits per heavy atom. The van der Waals surface area contributed by atoms with E-state index >= 15 is 0 Å². The third-order valence-electron chi connectivity index (χ3n) is 4.94. The number of hydrogen-bond donors (Lipinski definition) is 2. The van der Waals surface area contributed by atoms with Crippen LogP contribution in [0.15, 0.2) is 58.5 Å². The SMILES string of the molecule is O=C(CCCNC(=O)c1ccco1)Nc1ccccc1N1CCc2sccc2C1. The standard InChI is InChI=1S/C22H23N3O3S/c26-21(8-3-11-23-22(27)19-7-4-13-28-19)24-17-5-1-2-6-18(17)25-12-9-20-16(15-25)10-14-29-20/h1-2,4-7,10,13-14H,3,8-9,11-12,15H2,(H,23,27)(H,24,26). The summed E-state index contributed by atoms with van der Waals surface area (Å²) in [6.45, 7) is 2.23. The summed E-state index contributed by atoms with van der Waals surface area (Å²) in [7, 11) is 0. The van der Waals surface area contributed by atoms with E-state index in [2.05, 4.69) is 33.0 Å². The minimum Gasteiger partial charge on any atom is -0.459 e. The van der Waals surface area contributed by atoms with Crippen LogP contribution in [-0.2, 0) is 17.8 Å². The van der Waals surface area contributed by atoms with Crippen LogP contribution in [-0.4, -0.2) is 24.9 Å². The van der Waals surface area contributed by atoms with Crippen molar-refractivity contribution >= 4 is 34.5 Å². The predicted octanol–water partition coefficient (Wildman–Crippen LogP) is 4.05. The maximum Gasteiger partial charge on any atom is 0.286 e. The summed E-state index contributed by atoms with van der Waals surface area (Å²) in [4.78, 5) is 28.0. The molecule has 0 saturated carbocycles. The van der Waals surface area contributed by atoms with Crippen LogP contribution in [0.1, 0.15) is 33.8 Å². The van der Waals surface area contributed by atoms with E-state index in [1.54, 1.807) is 12.1 Å². The molecule has 7 heteroatoms. The van der Waals surface area contributed by atoms with E-state index in [0.717, 1.165) is 30.9 Å². The van der Waals surface area contributed by atoms with Gasteiger partial charge in [0.05, 0.1) is 17.6 Å². The number of benzene rings is 1. The van der Waals surface area contributed by atoms with Gasteiger partial charge in [0.2, 0.25) is 5.91 Å². The first kappa shape index (κ1) is 19.3. The molecule has 0 bridgehead atoms. The van der Waals surface area contributed by atoms with Crippen LogP contribution in [0.5, 0.6) is 0 Å². The van der Waals surface area contributed by atoms with E-state index in [-0.39, 0.29) is 17.6 Å². The van der Waals surface area contributed by atoms with Gasteiger partial charge >= 0.3 is 0 Å². The first-order chi connectivity index (χ1) is 14.2. The number of thiophene rings is 1. The topological polar surface area (TPSA) is 74.6 Å². The highest BCUT2D eigenvalue weighted by atomic mass is 32.1. The number of amides is 2. The molecule has 0 atom stereocenters. The molecule has 6 nitrogen and oxygen atoms in total. The summed E-state index contributed by atoms with van der Waals surface area (Å²) >= 11 is 1.82. The molecule has 0 unspecified atom stereocenters. The average molecular weight is 410 g/mol. The summed E-state index contributed by atoms with van der Waals surface area (Å²) in [5.74, 6) is -0.0460. The Bertz CT molecular complexity index is 981. The number of para-hydroxylation sites is 2. The lowest BCUT2D eigenvalue weighted by Crippen LogP contribution is -2.30. The van der Waals surface area contributed by atoms with Crippen LogP contribution in [0, 0.1) is 0 Å². The molecular formula is C22H23N3O3S. The number of rotatable bonds is 7. The molecule has 3 heterocycles. The zero-order valence-corrected chi connectivity index (χ0v) is 16.8. The highest BCUT2D eigenvalue weighted by Crippen LogP contribution is 2.32. The van der Waals surface area contributed by atoms with Gasteiger partial charge in [-0.2, -0.15) is 0 Å². The van der Waals surface area contributed by atoms with Gasteiger partial charge in [0.15, 0.2) is 5.76 Å². The Morgan fingerprint density at radius 3 is 2.90 bits per heavy atom. The molecule has 3 aromatic rings. The smallest absolute Gasteiger partial charge is 0.286 e. The van der Waals surface area contributed by atoms with E-state index in [1.165, 1.54) is 16.7 Å². The first-order valence-corrected chi connectivity index (χ1v) is 10.6. The zero-order valence-electron chi connectivity index (χ0n) is 16.0. The Labute approximate surface area is 173 Å². The molecule has 1 aliphatic rings. The lowest BCUT2D eigenvalue weighted by molar-refractivity contribution is -0.116. The fourth-order valence-electron chi connectivity index (χ4n) is 3.47. The Hall–Kier alpha value is -3.06. The van der Waals surface area contributed by atoms with Crippen molar-refractivity contribution in [2.75, 3.05) is 23.3 Å². The van der Waals surface area contributed by atoms with Gasteiger partial charge in [-0.05, 0) is 54.1 Å². The second-order valence-electron chi connectivity index (χ2n) is 6.94. The van der Waals surface area contributed by atoms with Gasteiger partial charge in [0.25, 0.3) is 5.91 Å². The molecule has 4 rings (SSSR count). The van der Waals surface area contributed by atoms with Crippen molar-refractivity contribution in [1.29, 1.82) is 0 Å². The summed E-state index contributed by atoms with van der Waals surface area (Å²) in [5.41, 5.74) is 3.24. The molecule has 150 valence electrons. The van der Waals surface area contributed by atoms with Gasteiger partial charge in [0, 0.05) is 30.9 Å². The number of anilines is 2. The molecular weight excluding hydrogens is 386 g/mol. The highest BCUT2D eigenvalue weighted by molar-refractivity contribution is 7.10. The van der Waals surface area contributed by atoms with Crippen molar-refractivity contribution in [3.63, 3.8) is 0 Å². The molecule has 0 saturated heterocycles. The van der Waals surface area contributed by atoms with E-state index in [4.69, 9.17) is 4.42 Å². The second kappa shape index (κ2) is 8.96. The quantitative estimate of drug-likeness (QED) is 0.577. The van der Waals surface area contributed by atoms with E-state index in [0.29, 0.717) is 19.4 Å². The zero-order chi connectivity index (χ0) is 20.1. The lowest BCUT2D eigenvalue weighted by Gasteiger charge is -2.30. The van der Waals surface area contributed by atoms with Gasteiger partial charge < -0.3 is 20.0 Å². The van der Waals surface area contributed by atoms with Crippen LogP contribution in [0.25, 0.3) is 0 Å². The molecule has 0 spiro atoms. The molecule has 2 amide bonds. The van der Waals surface area contributed by atoms with Crippen LogP contribution < -0.4 is 15.5 Å². The number of hydrogen-bond acceptors (Lipinski definition) is 5. The minimum atomic E-state index is -0.265. The van der Waals surface area contributed by atoms with Gasteiger partial charge in [-0.15, -0.1) is 11.3 Å². The van der Waals surface area contributed by atoms with Crippen LogP contribution in [0.2, 0.25) is 0 Å². The van der Waals surface area contributed by atoms with Crippen molar-refractivity contribution < 1.29 is 14.0 Å². The molecule has 1 aromatic carbocycles. The molecule has 2 N–H and O–H groups in total. The Balaban J connectivity index is 1.29. The van der Waals surface area contributed by atoms with Crippen molar-refractivity contribution in [3.8, 4) is 0 Å². The largest absolute Gasteiger partial charge is 0.459 e. The summed E-state index contributed by atoms with van der Waals surface area (Å²) in [6.07, 6.45) is 3.38. The van der Waals surface area contributed by atoms with Gasteiger partial charge in [-0.25, -0.2) is 0 Å². The molecule has 0 fully saturated rings. The number of nitrogens with one attached hydrogen (secondary N) is 2. The van der Waals surface area contributed by atoms with E-state index in [1.807, 2.05) is 29.5 Å². The lowest BCUT2D eigenvalue weighted by atomic mass is 10.1. The van der Waals surface area contributed by atoms with Crippen LogP contribution >= 0.6 is 11.3 Å². The van der Waals surface area contributed by atoms with Gasteiger partial charge in [0.1, 0.15) is 0 Å². The third kappa shape index (κ3) is 4.68. The molecule has 1 aliphatic heterocycles. The minimum absolute atomic E-state index is 0.0575. The van der Waals surface area contributed by atoms with Gasteiger partial charge in [-0.1, -0.05) is 12.1 Å². The number of furan rings is 1. The Morgan fingerprint density at radius 2 is 2.03 bits per heavy atom. The second-order valence-corrected chi connectivity index (χ2v) is 7.94. The van der Waals surface area contributed by atoms with E-state index < -0.39 is 0 Å². The van der Waals surface area contributed by atoms with Crippen molar-refractivity contribution in [3.05, 3.63) is 70.3 Å². The fraction of sp³-hybridized carbons (Fsp3) is 0.273. The first-order valence-electron chi connectivity index (χ1n) is 9.71. The maximum absolute atomic E-state index is 12.4. The summed E-state index contributed by atoms with van der Waals surface area (Å²) < 4.78 is 5.04. The molecule has 0 radical (unpaired) electrons. The normalized spacial score (nSPS) is 13.0. The van der Waals surface area contributed by atoms with Crippen LogP contribution in [0.3, 0.4) is 0 Å². The average Bonchev–Trinajstić information content (AvgIpc) is 3.43. The third-order valence-corrected chi connectivity index (χ3v) is 5.96. The highest BCUT2D eigenvalue weighted by Gasteiger charge is 2.20. The van der Waals surface area contributed by atoms with Gasteiger partial charge in [-0.3, -0.25) is 9.59 Å². The van der Waals surface area contributed by atoms with Crippen molar-refractivity contribution in [1.82, 2.24) is 5.32 Å². The molecule has 29 heavy (non-hydrogen) atoms. The van der Waals surface area contributed by atoms with E-state index in [9.17, 15) is 9.59 Å². The fourth-order valence-corrected chi connectivity index (χ4v) is 4.36. The van der Waals surface area contributed by atoms with Crippen LogP contribution in [0.4, 0.5) is 11.4 Å². The number of carbonyl (C=O) groups excluding carboxylic acids is 2. The monoisotopic (exact) mass is 409 g/mol.